The third kappa shape index (κ3) is 7.64. The number of nitrogens with zero attached hydrogens (tertiary/aromatic N) is 3. The average Bonchev–Trinajstić information content (AvgIpc) is 3.37. The molecule has 0 saturated carbocycles. The number of nitrogens with one attached hydrogen (secondary N) is 2. The van der Waals surface area contributed by atoms with Crippen molar-refractivity contribution in [2.45, 2.75) is 38.6 Å². The van der Waals surface area contributed by atoms with Gasteiger partial charge in [0, 0.05) is 26.7 Å². The van der Waals surface area contributed by atoms with E-state index in [4.69, 9.17) is 14.5 Å². The van der Waals surface area contributed by atoms with Crippen molar-refractivity contribution in [2.24, 2.45) is 10.9 Å². The first kappa shape index (κ1) is 24.8. The van der Waals surface area contributed by atoms with E-state index in [1.54, 1.807) is 14.2 Å². The van der Waals surface area contributed by atoms with Crippen molar-refractivity contribution in [1.82, 2.24) is 20.4 Å². The minimum atomic E-state index is 0.308. The van der Waals surface area contributed by atoms with Crippen LogP contribution in [-0.2, 0) is 4.74 Å². The van der Waals surface area contributed by atoms with Crippen LogP contribution in [-0.4, -0.2) is 88.9 Å². The Morgan fingerprint density at radius 3 is 2.41 bits per heavy atom. The van der Waals surface area contributed by atoms with Crippen LogP contribution < -0.4 is 15.4 Å². The van der Waals surface area contributed by atoms with E-state index in [9.17, 15) is 0 Å². The molecule has 0 aromatic heterocycles. The van der Waals surface area contributed by atoms with Crippen molar-refractivity contribution in [2.75, 3.05) is 73.2 Å². The summed E-state index contributed by atoms with van der Waals surface area (Å²) in [5.41, 5.74) is 1.32. The molecular formula is C25H43N5O2. The summed E-state index contributed by atoms with van der Waals surface area (Å²) in [5, 5.41) is 7.07. The Morgan fingerprint density at radius 1 is 1.06 bits per heavy atom. The highest BCUT2D eigenvalue weighted by molar-refractivity contribution is 5.79. The molecule has 7 nitrogen and oxygen atoms in total. The second-order valence-corrected chi connectivity index (χ2v) is 8.91. The maximum absolute atomic E-state index is 5.35. The van der Waals surface area contributed by atoms with E-state index in [2.05, 4.69) is 51.6 Å². The Balaban J connectivity index is 1.56. The molecule has 32 heavy (non-hydrogen) atoms. The van der Waals surface area contributed by atoms with E-state index in [-0.39, 0.29) is 0 Å². The zero-order valence-corrected chi connectivity index (χ0v) is 20.3. The fourth-order valence-electron chi connectivity index (χ4n) is 4.71. The molecule has 1 aromatic rings. The van der Waals surface area contributed by atoms with Gasteiger partial charge >= 0.3 is 0 Å². The first-order valence-electron chi connectivity index (χ1n) is 12.3. The van der Waals surface area contributed by atoms with Crippen molar-refractivity contribution >= 4 is 5.96 Å². The minimum absolute atomic E-state index is 0.308. The standard InChI is InChI=1S/C25H43N5O2/c1-4-26-25(27-19-21-11-15-29(16-12-21)17-18-31-2)28-20-24(30-13-5-6-14-30)22-7-9-23(32-3)10-8-22/h7-10,21,24H,4-6,11-20H2,1-3H3,(H2,26,27,28). The third-order valence-electron chi connectivity index (χ3n) is 6.73. The number of guanidine groups is 1. The van der Waals surface area contributed by atoms with Crippen molar-refractivity contribution < 1.29 is 9.47 Å². The molecule has 0 bridgehead atoms. The number of likely N-dealkylation sites (tertiary alicyclic amines) is 2. The van der Waals surface area contributed by atoms with Gasteiger partial charge in [0.2, 0.25) is 0 Å². The summed E-state index contributed by atoms with van der Waals surface area (Å²) in [5.74, 6) is 2.54. The Kier molecular flexibility index (Phi) is 10.6. The molecule has 2 heterocycles. The largest absolute Gasteiger partial charge is 0.497 e. The maximum Gasteiger partial charge on any atom is 0.191 e. The topological polar surface area (TPSA) is 61.4 Å². The second kappa shape index (κ2) is 13.7. The number of piperidine rings is 1. The van der Waals surface area contributed by atoms with Crippen LogP contribution >= 0.6 is 0 Å². The molecular weight excluding hydrogens is 402 g/mol. The van der Waals surface area contributed by atoms with E-state index in [0.29, 0.717) is 12.0 Å². The Hall–Kier alpha value is -1.83. The number of benzene rings is 1. The highest BCUT2D eigenvalue weighted by Gasteiger charge is 2.24. The zero-order valence-electron chi connectivity index (χ0n) is 20.3. The lowest BCUT2D eigenvalue weighted by molar-refractivity contribution is 0.121. The van der Waals surface area contributed by atoms with Crippen LogP contribution in [0.15, 0.2) is 29.3 Å². The van der Waals surface area contributed by atoms with Crippen LogP contribution in [0, 0.1) is 5.92 Å². The number of hydrogen-bond acceptors (Lipinski definition) is 5. The molecule has 2 aliphatic rings. The highest BCUT2D eigenvalue weighted by Crippen LogP contribution is 2.27. The van der Waals surface area contributed by atoms with Crippen molar-refractivity contribution in [3.63, 3.8) is 0 Å². The molecule has 2 saturated heterocycles. The van der Waals surface area contributed by atoms with E-state index in [1.807, 2.05) is 0 Å². The molecule has 1 aromatic carbocycles. The summed E-state index contributed by atoms with van der Waals surface area (Å²) in [6.07, 6.45) is 5.02. The summed E-state index contributed by atoms with van der Waals surface area (Å²) in [6, 6.07) is 8.81. The lowest BCUT2D eigenvalue weighted by atomic mass is 9.97. The van der Waals surface area contributed by atoms with Gasteiger partial charge in [-0.1, -0.05) is 12.1 Å². The molecule has 0 aliphatic carbocycles. The number of ether oxygens (including phenoxy) is 2. The molecule has 7 heteroatoms. The van der Waals surface area contributed by atoms with Gasteiger partial charge in [-0.3, -0.25) is 9.89 Å². The van der Waals surface area contributed by atoms with Crippen LogP contribution in [0.4, 0.5) is 0 Å². The van der Waals surface area contributed by atoms with Gasteiger partial charge in [0.25, 0.3) is 0 Å². The summed E-state index contributed by atoms with van der Waals surface area (Å²) >= 11 is 0. The molecule has 2 N–H and O–H groups in total. The SMILES string of the molecule is CCNC(=NCC(c1ccc(OC)cc1)N1CCCC1)NCC1CCN(CCOC)CC1. The summed E-state index contributed by atoms with van der Waals surface area (Å²) in [7, 11) is 3.50. The number of aliphatic imine (C=N–C) groups is 1. The average molecular weight is 446 g/mol. The van der Waals surface area contributed by atoms with Crippen molar-refractivity contribution in [3.8, 4) is 5.75 Å². The van der Waals surface area contributed by atoms with Gasteiger partial charge in [0.15, 0.2) is 5.96 Å². The summed E-state index contributed by atoms with van der Waals surface area (Å²) in [4.78, 5) is 10.1. The first-order valence-corrected chi connectivity index (χ1v) is 12.3. The lowest BCUT2D eigenvalue weighted by Gasteiger charge is -2.32. The molecule has 2 fully saturated rings. The summed E-state index contributed by atoms with van der Waals surface area (Å²) in [6.45, 7) is 11.3. The maximum atomic E-state index is 5.35. The summed E-state index contributed by atoms with van der Waals surface area (Å²) < 4.78 is 10.6. The van der Waals surface area contributed by atoms with E-state index in [0.717, 1.165) is 70.7 Å². The molecule has 0 spiro atoms. The van der Waals surface area contributed by atoms with Gasteiger partial charge in [-0.15, -0.1) is 0 Å². The molecule has 1 unspecified atom stereocenters. The number of rotatable bonds is 11. The molecule has 1 atom stereocenters. The predicted octanol–water partition coefficient (Wildman–Crippen LogP) is 2.75. The van der Waals surface area contributed by atoms with Gasteiger partial charge in [0.1, 0.15) is 5.75 Å². The Labute approximate surface area is 194 Å². The zero-order chi connectivity index (χ0) is 22.6. The van der Waals surface area contributed by atoms with Gasteiger partial charge in [-0.2, -0.15) is 0 Å². The molecule has 0 radical (unpaired) electrons. The van der Waals surface area contributed by atoms with Crippen LogP contribution in [0.2, 0.25) is 0 Å². The molecule has 3 rings (SSSR count). The van der Waals surface area contributed by atoms with Gasteiger partial charge in [0.05, 0.1) is 26.3 Å². The van der Waals surface area contributed by atoms with Gasteiger partial charge in [-0.25, -0.2) is 0 Å². The second-order valence-electron chi connectivity index (χ2n) is 8.91. The van der Waals surface area contributed by atoms with Crippen LogP contribution in [0.1, 0.15) is 44.2 Å². The van der Waals surface area contributed by atoms with E-state index in [1.165, 1.54) is 31.2 Å². The molecule has 0 amide bonds. The first-order chi connectivity index (χ1) is 15.7. The van der Waals surface area contributed by atoms with Crippen molar-refractivity contribution in [1.29, 1.82) is 0 Å². The highest BCUT2D eigenvalue weighted by atomic mass is 16.5. The van der Waals surface area contributed by atoms with Gasteiger partial charge < -0.3 is 25.0 Å². The van der Waals surface area contributed by atoms with E-state index < -0.39 is 0 Å². The number of methoxy groups -OCH3 is 2. The Morgan fingerprint density at radius 2 is 1.78 bits per heavy atom. The van der Waals surface area contributed by atoms with Crippen LogP contribution in [0.25, 0.3) is 0 Å². The fraction of sp³-hybridized carbons (Fsp3) is 0.720. The number of hydrogen-bond donors (Lipinski definition) is 2. The Bertz CT molecular complexity index is 667. The fourth-order valence-corrected chi connectivity index (χ4v) is 4.71. The van der Waals surface area contributed by atoms with Crippen LogP contribution in [0.5, 0.6) is 5.75 Å². The van der Waals surface area contributed by atoms with E-state index >= 15 is 0 Å². The minimum Gasteiger partial charge on any atom is -0.497 e. The normalized spacial score (nSPS) is 19.8. The molecule has 2 aliphatic heterocycles. The lowest BCUT2D eigenvalue weighted by Crippen LogP contribution is -2.43. The van der Waals surface area contributed by atoms with Gasteiger partial charge in [-0.05, 0) is 82.4 Å². The van der Waals surface area contributed by atoms with Crippen LogP contribution in [0.3, 0.4) is 0 Å². The monoisotopic (exact) mass is 445 g/mol. The smallest absolute Gasteiger partial charge is 0.191 e. The predicted molar refractivity (Wildman–Crippen MR) is 132 cm³/mol. The quantitative estimate of drug-likeness (QED) is 0.403. The van der Waals surface area contributed by atoms with Crippen molar-refractivity contribution in [3.05, 3.63) is 29.8 Å². The molecule has 180 valence electrons. The third-order valence-corrected chi connectivity index (χ3v) is 6.73.